The molecule has 0 spiro atoms. The Morgan fingerprint density at radius 2 is 1.80 bits per heavy atom. The highest BCUT2D eigenvalue weighted by Crippen LogP contribution is 2.07. The van der Waals surface area contributed by atoms with Gasteiger partial charge in [-0.3, -0.25) is 9.59 Å². The highest BCUT2D eigenvalue weighted by molar-refractivity contribution is 7.89. The van der Waals surface area contributed by atoms with Crippen LogP contribution in [0.2, 0.25) is 0 Å². The molecule has 0 bridgehead atoms. The number of hydrogen-bond donors (Lipinski definition) is 2. The zero-order valence-corrected chi connectivity index (χ0v) is 17.3. The van der Waals surface area contributed by atoms with E-state index in [1.54, 1.807) is 6.07 Å². The average molecular weight is 436 g/mol. The number of carbonyl (C=O) groups is 2. The summed E-state index contributed by atoms with van der Waals surface area (Å²) in [4.78, 5) is 25.1. The summed E-state index contributed by atoms with van der Waals surface area (Å²) in [6, 6.07) is 11.4. The van der Waals surface area contributed by atoms with Gasteiger partial charge in [0.25, 0.3) is 5.91 Å². The van der Waals surface area contributed by atoms with Gasteiger partial charge in [0.2, 0.25) is 15.9 Å². The van der Waals surface area contributed by atoms with Gasteiger partial charge in [-0.05, 0) is 17.7 Å². The smallest absolute Gasteiger partial charge is 0.287 e. The Bertz CT molecular complexity index is 925. The number of sulfonamides is 1. The highest BCUT2D eigenvalue weighted by Gasteiger charge is 2.26. The van der Waals surface area contributed by atoms with Gasteiger partial charge in [-0.25, -0.2) is 8.42 Å². The molecule has 1 fully saturated rings. The van der Waals surface area contributed by atoms with E-state index in [1.165, 1.54) is 16.6 Å². The van der Waals surface area contributed by atoms with Crippen molar-refractivity contribution in [1.29, 1.82) is 0 Å². The van der Waals surface area contributed by atoms with Gasteiger partial charge in [0.15, 0.2) is 5.76 Å². The molecule has 1 aliphatic heterocycles. The van der Waals surface area contributed by atoms with Crippen molar-refractivity contribution in [3.8, 4) is 0 Å². The summed E-state index contributed by atoms with van der Waals surface area (Å²) in [6.07, 6.45) is 1.63. The summed E-state index contributed by atoms with van der Waals surface area (Å²) in [7, 11) is -3.49. The second-order valence-electron chi connectivity index (χ2n) is 6.81. The molecule has 2 amide bonds. The Morgan fingerprint density at radius 1 is 1.07 bits per heavy atom. The van der Waals surface area contributed by atoms with E-state index in [4.69, 9.17) is 9.15 Å². The normalized spacial score (nSPS) is 16.0. The number of furan rings is 1. The van der Waals surface area contributed by atoms with E-state index in [1.807, 2.05) is 30.3 Å². The van der Waals surface area contributed by atoms with Gasteiger partial charge in [-0.2, -0.15) is 4.31 Å². The molecule has 1 aliphatic rings. The Kier molecular flexibility index (Phi) is 7.61. The first-order valence-corrected chi connectivity index (χ1v) is 11.3. The number of carbonyl (C=O) groups excluding carboxylic acids is 2. The van der Waals surface area contributed by atoms with Crippen molar-refractivity contribution in [2.75, 3.05) is 38.6 Å². The van der Waals surface area contributed by atoms with Crippen LogP contribution >= 0.6 is 0 Å². The lowest BCUT2D eigenvalue weighted by Crippen LogP contribution is -2.49. The molecule has 30 heavy (non-hydrogen) atoms. The van der Waals surface area contributed by atoms with E-state index in [0.717, 1.165) is 5.56 Å². The van der Waals surface area contributed by atoms with Gasteiger partial charge in [0.05, 0.1) is 25.2 Å². The first kappa shape index (κ1) is 22.0. The van der Waals surface area contributed by atoms with Crippen molar-refractivity contribution in [3.05, 3.63) is 60.1 Å². The monoisotopic (exact) mass is 435 g/mol. The van der Waals surface area contributed by atoms with Crippen LogP contribution in [0.4, 0.5) is 0 Å². The van der Waals surface area contributed by atoms with Crippen LogP contribution in [0.3, 0.4) is 0 Å². The first-order chi connectivity index (χ1) is 14.5. The zero-order valence-electron chi connectivity index (χ0n) is 16.5. The quantitative estimate of drug-likeness (QED) is 0.589. The summed E-state index contributed by atoms with van der Waals surface area (Å²) in [5.74, 6) is -1.10. The number of ether oxygens (including phenoxy) is 1. The Labute approximate surface area is 175 Å². The second kappa shape index (κ2) is 10.4. The molecule has 2 aromatic rings. The summed E-state index contributed by atoms with van der Waals surface area (Å²) >= 11 is 0. The fraction of sp³-hybridized carbons (Fsp3) is 0.400. The topological polar surface area (TPSA) is 118 Å². The molecular formula is C20H25N3O6S. The molecule has 10 heteroatoms. The molecule has 2 N–H and O–H groups in total. The number of amides is 2. The number of morpholine rings is 1. The minimum absolute atomic E-state index is 0.0551. The predicted molar refractivity (Wildman–Crippen MR) is 109 cm³/mol. The molecule has 1 atom stereocenters. The zero-order chi connectivity index (χ0) is 21.4. The van der Waals surface area contributed by atoms with Crippen LogP contribution in [0.25, 0.3) is 0 Å². The van der Waals surface area contributed by atoms with Crippen LogP contribution in [0.1, 0.15) is 16.1 Å². The van der Waals surface area contributed by atoms with Crippen LogP contribution in [0.15, 0.2) is 53.1 Å². The van der Waals surface area contributed by atoms with Crippen LogP contribution in [0, 0.1) is 0 Å². The van der Waals surface area contributed by atoms with Crippen molar-refractivity contribution in [2.24, 2.45) is 0 Å². The van der Waals surface area contributed by atoms with Crippen LogP contribution < -0.4 is 10.6 Å². The molecule has 162 valence electrons. The van der Waals surface area contributed by atoms with Crippen molar-refractivity contribution in [2.45, 2.75) is 12.5 Å². The van der Waals surface area contributed by atoms with E-state index < -0.39 is 27.9 Å². The molecule has 0 saturated carbocycles. The van der Waals surface area contributed by atoms with Crippen LogP contribution in [-0.2, 0) is 26.0 Å². The second-order valence-corrected chi connectivity index (χ2v) is 8.90. The van der Waals surface area contributed by atoms with Crippen molar-refractivity contribution in [3.63, 3.8) is 0 Å². The van der Waals surface area contributed by atoms with E-state index >= 15 is 0 Å². The van der Waals surface area contributed by atoms with E-state index in [2.05, 4.69) is 10.6 Å². The minimum atomic E-state index is -3.49. The molecule has 3 rings (SSSR count). The van der Waals surface area contributed by atoms with Crippen molar-refractivity contribution in [1.82, 2.24) is 14.9 Å². The molecule has 1 saturated heterocycles. The van der Waals surface area contributed by atoms with Gasteiger partial charge in [-0.15, -0.1) is 0 Å². The fourth-order valence-corrected chi connectivity index (χ4v) is 4.40. The number of benzene rings is 1. The van der Waals surface area contributed by atoms with E-state index in [0.29, 0.717) is 26.3 Å². The lowest BCUT2D eigenvalue weighted by Gasteiger charge is -2.26. The van der Waals surface area contributed by atoms with Crippen molar-refractivity contribution >= 4 is 21.8 Å². The first-order valence-electron chi connectivity index (χ1n) is 9.67. The number of nitrogens with zero attached hydrogens (tertiary/aromatic N) is 1. The molecule has 0 aliphatic carbocycles. The molecule has 9 nitrogen and oxygen atoms in total. The summed E-state index contributed by atoms with van der Waals surface area (Å²) in [5, 5.41) is 5.29. The fourth-order valence-electron chi connectivity index (χ4n) is 3.08. The molecule has 1 unspecified atom stereocenters. The number of nitrogens with one attached hydrogen (secondary N) is 2. The number of rotatable bonds is 9. The van der Waals surface area contributed by atoms with Crippen LogP contribution in [0.5, 0.6) is 0 Å². The Morgan fingerprint density at radius 3 is 2.47 bits per heavy atom. The van der Waals surface area contributed by atoms with Gasteiger partial charge in [0.1, 0.15) is 6.04 Å². The van der Waals surface area contributed by atoms with Gasteiger partial charge < -0.3 is 19.8 Å². The highest BCUT2D eigenvalue weighted by atomic mass is 32.2. The standard InChI is InChI=1S/C20H25N3O6S/c24-19(21-8-14-30(26,27)23-9-12-28-13-10-23)17(15-16-5-2-1-3-6-16)22-20(25)18-7-4-11-29-18/h1-7,11,17H,8-10,12-15H2,(H,21,24)(H,22,25). The average Bonchev–Trinajstić information content (AvgIpc) is 3.29. The van der Waals surface area contributed by atoms with Crippen LogP contribution in [-0.4, -0.2) is 69.2 Å². The minimum Gasteiger partial charge on any atom is -0.459 e. The summed E-state index contributed by atoms with van der Waals surface area (Å²) in [5.41, 5.74) is 0.860. The van der Waals surface area contributed by atoms with Gasteiger partial charge in [0, 0.05) is 26.1 Å². The Balaban J connectivity index is 1.60. The third kappa shape index (κ3) is 6.15. The molecule has 1 aromatic carbocycles. The predicted octanol–water partition coefficient (Wildman–Crippen LogP) is 0.399. The molecule has 1 aromatic heterocycles. The third-order valence-electron chi connectivity index (χ3n) is 4.67. The SMILES string of the molecule is O=C(NC(Cc1ccccc1)C(=O)NCCS(=O)(=O)N1CCOCC1)c1ccco1. The van der Waals surface area contributed by atoms with E-state index in [-0.39, 0.29) is 24.5 Å². The molecular weight excluding hydrogens is 410 g/mol. The van der Waals surface area contributed by atoms with Gasteiger partial charge >= 0.3 is 0 Å². The lowest BCUT2D eigenvalue weighted by molar-refractivity contribution is -0.122. The maximum atomic E-state index is 12.7. The maximum Gasteiger partial charge on any atom is 0.287 e. The molecule has 0 radical (unpaired) electrons. The molecule has 2 heterocycles. The Hall–Kier alpha value is -2.69. The largest absolute Gasteiger partial charge is 0.459 e. The maximum absolute atomic E-state index is 12.7. The van der Waals surface area contributed by atoms with Crippen molar-refractivity contribution < 1.29 is 27.2 Å². The summed E-state index contributed by atoms with van der Waals surface area (Å²) < 4.78 is 36.4. The number of hydrogen-bond acceptors (Lipinski definition) is 6. The third-order valence-corrected chi connectivity index (χ3v) is 6.54. The van der Waals surface area contributed by atoms with E-state index in [9.17, 15) is 18.0 Å². The summed E-state index contributed by atoms with van der Waals surface area (Å²) in [6.45, 7) is 1.30. The van der Waals surface area contributed by atoms with Gasteiger partial charge in [-0.1, -0.05) is 30.3 Å². The lowest BCUT2D eigenvalue weighted by atomic mass is 10.1.